The average Bonchev–Trinajstić information content (AvgIpc) is 2.53. The van der Waals surface area contributed by atoms with Gasteiger partial charge in [0.2, 0.25) is 0 Å². The molecule has 0 fully saturated rings. The molecule has 0 unspecified atom stereocenters. The molecule has 2 heteroatoms. The van der Waals surface area contributed by atoms with Crippen molar-refractivity contribution in [1.29, 1.82) is 0 Å². The van der Waals surface area contributed by atoms with Crippen LogP contribution in [0.1, 0.15) is 24.2 Å². The largest absolute Gasteiger partial charge is 0.377 e. The Kier molecular flexibility index (Phi) is 2.86. The first-order chi connectivity index (χ1) is 5.88. The van der Waals surface area contributed by atoms with Crippen LogP contribution in [0.5, 0.6) is 0 Å². The molecule has 0 spiro atoms. The third kappa shape index (κ3) is 1.47. The molecule has 12 heavy (non-hydrogen) atoms. The molecule has 1 aliphatic rings. The highest BCUT2D eigenvalue weighted by Gasteiger charge is 2.16. The molecule has 1 aromatic rings. The van der Waals surface area contributed by atoms with Gasteiger partial charge >= 0.3 is 0 Å². The summed E-state index contributed by atoms with van der Waals surface area (Å²) in [5.41, 5.74) is 1.79. The number of para-hydroxylation sites is 1. The number of carbonyl (C=O) groups excluding carboxylic acids is 1. The van der Waals surface area contributed by atoms with Crippen LogP contribution in [0.15, 0.2) is 24.3 Å². The fourth-order valence-electron chi connectivity index (χ4n) is 1.15. The maximum absolute atomic E-state index is 11.0. The summed E-state index contributed by atoms with van der Waals surface area (Å²) in [7, 11) is 0. The van der Waals surface area contributed by atoms with E-state index in [1.807, 2.05) is 38.1 Å². The number of hydrogen-bond donors (Lipinski definition) is 1. The van der Waals surface area contributed by atoms with Crippen molar-refractivity contribution in [1.82, 2.24) is 0 Å². The van der Waals surface area contributed by atoms with E-state index in [2.05, 4.69) is 5.32 Å². The van der Waals surface area contributed by atoms with Crippen LogP contribution >= 0.6 is 0 Å². The number of hydrogen-bond acceptors (Lipinski definition) is 2. The van der Waals surface area contributed by atoms with Crippen LogP contribution in [0.25, 0.3) is 0 Å². The number of rotatable bonds is 0. The van der Waals surface area contributed by atoms with Gasteiger partial charge in [0.1, 0.15) is 0 Å². The van der Waals surface area contributed by atoms with Crippen LogP contribution < -0.4 is 5.32 Å². The second-order valence-electron chi connectivity index (χ2n) is 2.32. The second kappa shape index (κ2) is 3.90. The molecule has 2 nitrogen and oxygen atoms in total. The number of carbonyl (C=O) groups is 1. The molecule has 2 rings (SSSR count). The number of fused-ring (bicyclic) bond motifs is 1. The number of benzene rings is 1. The van der Waals surface area contributed by atoms with Gasteiger partial charge in [-0.3, -0.25) is 4.79 Å². The van der Waals surface area contributed by atoms with Gasteiger partial charge in [0.25, 0.3) is 0 Å². The van der Waals surface area contributed by atoms with Crippen molar-refractivity contribution in [2.24, 2.45) is 0 Å². The van der Waals surface area contributed by atoms with Gasteiger partial charge in [0, 0.05) is 11.3 Å². The first-order valence-corrected chi connectivity index (χ1v) is 4.24. The molecule has 64 valence electrons. The number of ketones is 1. The number of Topliss-reactive ketones (excluding diaryl/α,β-unsaturated/α-hetero) is 1. The molecule has 0 saturated carbocycles. The number of nitrogens with one attached hydrogen (secondary N) is 1. The summed E-state index contributed by atoms with van der Waals surface area (Å²) in [5.74, 6) is 0.190. The Morgan fingerprint density at radius 1 is 1.25 bits per heavy atom. The van der Waals surface area contributed by atoms with Crippen molar-refractivity contribution < 1.29 is 4.79 Å². The number of anilines is 1. The van der Waals surface area contributed by atoms with E-state index in [9.17, 15) is 4.79 Å². The van der Waals surface area contributed by atoms with Crippen LogP contribution in [0.3, 0.4) is 0 Å². The summed E-state index contributed by atoms with van der Waals surface area (Å²) < 4.78 is 0. The maximum Gasteiger partial charge on any atom is 0.183 e. The van der Waals surface area contributed by atoms with E-state index < -0.39 is 0 Å². The lowest BCUT2D eigenvalue weighted by molar-refractivity contribution is 0.101. The van der Waals surface area contributed by atoms with E-state index in [1.165, 1.54) is 0 Å². The van der Waals surface area contributed by atoms with Gasteiger partial charge in [-0.05, 0) is 12.1 Å². The lowest BCUT2D eigenvalue weighted by Gasteiger charge is -1.92. The maximum atomic E-state index is 11.0. The smallest absolute Gasteiger partial charge is 0.183 e. The lowest BCUT2D eigenvalue weighted by Crippen LogP contribution is -2.00. The van der Waals surface area contributed by atoms with Crippen molar-refractivity contribution in [2.45, 2.75) is 13.8 Å². The quantitative estimate of drug-likeness (QED) is 0.636. The fraction of sp³-hybridized carbons (Fsp3) is 0.300. The predicted octanol–water partition coefficient (Wildman–Crippen LogP) is 2.32. The summed E-state index contributed by atoms with van der Waals surface area (Å²) in [6.07, 6.45) is 0. The fourth-order valence-corrected chi connectivity index (χ4v) is 1.15. The molecule has 1 aromatic carbocycles. The van der Waals surface area contributed by atoms with E-state index >= 15 is 0 Å². The first kappa shape index (κ1) is 8.78. The molecule has 1 N–H and O–H groups in total. The standard InChI is InChI=1S/C8H7NO.C2H6/c10-8-5-9-7-4-2-1-3-6(7)8;1-2/h1-4,9H,5H2;1-2H3. The Hall–Kier alpha value is -1.31. The van der Waals surface area contributed by atoms with Crippen LogP contribution in [-0.4, -0.2) is 12.3 Å². The zero-order chi connectivity index (χ0) is 8.97. The van der Waals surface area contributed by atoms with E-state index in [1.54, 1.807) is 0 Å². The molecular weight excluding hydrogens is 150 g/mol. The van der Waals surface area contributed by atoms with Gasteiger partial charge in [-0.15, -0.1) is 0 Å². The molecular formula is C10H13NO. The van der Waals surface area contributed by atoms with Gasteiger partial charge < -0.3 is 5.32 Å². The van der Waals surface area contributed by atoms with Crippen LogP contribution in [0, 0.1) is 0 Å². The van der Waals surface area contributed by atoms with E-state index in [0.717, 1.165) is 11.3 Å². The van der Waals surface area contributed by atoms with Gasteiger partial charge in [0.05, 0.1) is 6.54 Å². The SMILES string of the molecule is CC.O=C1CNc2ccccc21. The zero-order valence-electron chi connectivity index (χ0n) is 7.42. The van der Waals surface area contributed by atoms with Gasteiger partial charge in [-0.1, -0.05) is 26.0 Å². The van der Waals surface area contributed by atoms with Crippen molar-refractivity contribution in [3.05, 3.63) is 29.8 Å². The molecule has 0 radical (unpaired) electrons. The van der Waals surface area contributed by atoms with Crippen molar-refractivity contribution in [3.63, 3.8) is 0 Å². The predicted molar refractivity (Wildman–Crippen MR) is 50.6 cm³/mol. The van der Waals surface area contributed by atoms with Gasteiger partial charge in [-0.2, -0.15) is 0 Å². The third-order valence-electron chi connectivity index (χ3n) is 1.67. The van der Waals surface area contributed by atoms with Crippen molar-refractivity contribution in [2.75, 3.05) is 11.9 Å². The molecule has 1 heterocycles. The van der Waals surface area contributed by atoms with E-state index in [0.29, 0.717) is 6.54 Å². The van der Waals surface area contributed by atoms with Crippen molar-refractivity contribution in [3.8, 4) is 0 Å². The lowest BCUT2D eigenvalue weighted by atomic mass is 10.1. The molecule has 0 aromatic heterocycles. The third-order valence-corrected chi connectivity index (χ3v) is 1.67. The Labute approximate surface area is 72.6 Å². The summed E-state index contributed by atoms with van der Waals surface area (Å²) in [5, 5.41) is 3.00. The highest BCUT2D eigenvalue weighted by molar-refractivity contribution is 6.07. The summed E-state index contributed by atoms with van der Waals surface area (Å²) in [6, 6.07) is 7.56. The highest BCUT2D eigenvalue weighted by Crippen LogP contribution is 2.20. The molecule has 0 aliphatic carbocycles. The summed E-state index contributed by atoms with van der Waals surface area (Å²) in [4.78, 5) is 11.0. The summed E-state index contributed by atoms with van der Waals surface area (Å²) >= 11 is 0. The average molecular weight is 163 g/mol. The minimum absolute atomic E-state index is 0.190. The van der Waals surface area contributed by atoms with E-state index in [4.69, 9.17) is 0 Å². The normalized spacial score (nSPS) is 12.7. The van der Waals surface area contributed by atoms with Crippen LogP contribution in [0.4, 0.5) is 5.69 Å². The van der Waals surface area contributed by atoms with Crippen LogP contribution in [0.2, 0.25) is 0 Å². The Morgan fingerprint density at radius 2 is 1.92 bits per heavy atom. The topological polar surface area (TPSA) is 29.1 Å². The zero-order valence-corrected chi connectivity index (χ0v) is 7.42. The molecule has 0 saturated heterocycles. The van der Waals surface area contributed by atoms with E-state index in [-0.39, 0.29) is 5.78 Å². The van der Waals surface area contributed by atoms with Gasteiger partial charge in [0.15, 0.2) is 5.78 Å². The Morgan fingerprint density at radius 3 is 2.58 bits per heavy atom. The molecule has 1 aliphatic heterocycles. The second-order valence-corrected chi connectivity index (χ2v) is 2.32. The van der Waals surface area contributed by atoms with Gasteiger partial charge in [-0.25, -0.2) is 0 Å². The minimum atomic E-state index is 0.190. The van der Waals surface area contributed by atoms with Crippen molar-refractivity contribution >= 4 is 11.5 Å². The Balaban J connectivity index is 0.000000336. The minimum Gasteiger partial charge on any atom is -0.377 e. The molecule has 0 bridgehead atoms. The molecule has 0 amide bonds. The van der Waals surface area contributed by atoms with Crippen LogP contribution in [-0.2, 0) is 0 Å². The Bertz CT molecular complexity index is 281. The highest BCUT2D eigenvalue weighted by atomic mass is 16.1. The monoisotopic (exact) mass is 163 g/mol. The molecule has 0 atom stereocenters. The first-order valence-electron chi connectivity index (χ1n) is 4.24. The summed E-state index contributed by atoms with van der Waals surface area (Å²) in [6.45, 7) is 4.46.